The van der Waals surface area contributed by atoms with Gasteiger partial charge in [-0.3, -0.25) is 9.48 Å². The number of carbonyl (C=O) groups excluding carboxylic acids is 1. The molecule has 1 aromatic heterocycles. The highest BCUT2D eigenvalue weighted by atomic mass is 16.5. The number of hydrogen-bond acceptors (Lipinski definition) is 3. The van der Waals surface area contributed by atoms with Crippen molar-refractivity contribution in [3.8, 4) is 5.75 Å². The van der Waals surface area contributed by atoms with Gasteiger partial charge in [0.15, 0.2) is 5.78 Å². The quantitative estimate of drug-likeness (QED) is 0.717. The molecular weight excluding hydrogens is 228 g/mol. The number of aryl methyl sites for hydroxylation is 1. The second-order valence-corrected chi connectivity index (χ2v) is 4.23. The minimum absolute atomic E-state index is 0.0284. The molecule has 1 aliphatic rings. The lowest BCUT2D eigenvalue weighted by molar-refractivity contribution is 0.100. The molecule has 0 saturated carbocycles. The Morgan fingerprint density at radius 3 is 3.00 bits per heavy atom. The van der Waals surface area contributed by atoms with Gasteiger partial charge in [-0.1, -0.05) is 12.1 Å². The van der Waals surface area contributed by atoms with E-state index in [4.69, 9.17) is 4.74 Å². The number of para-hydroxylation sites is 1. The van der Waals surface area contributed by atoms with Crippen LogP contribution in [0.2, 0.25) is 0 Å². The molecule has 2 aromatic rings. The molecule has 90 valence electrons. The van der Waals surface area contributed by atoms with E-state index in [0.717, 1.165) is 5.56 Å². The zero-order chi connectivity index (χ0) is 12.5. The number of carbonyl (C=O) groups is 1. The van der Waals surface area contributed by atoms with Crippen LogP contribution in [-0.4, -0.2) is 22.2 Å². The molecular formula is C14H12N2O2. The first kappa shape index (κ1) is 10.8. The summed E-state index contributed by atoms with van der Waals surface area (Å²) in [4.78, 5) is 12.3. The number of Topliss-reactive ketones (excluding diaryl/α,β-unsaturated/α-hetero) is 1. The molecule has 4 heteroatoms. The first-order chi connectivity index (χ1) is 8.74. The Morgan fingerprint density at radius 2 is 2.22 bits per heavy atom. The molecule has 1 aliphatic heterocycles. The van der Waals surface area contributed by atoms with E-state index < -0.39 is 0 Å². The Hall–Kier alpha value is -2.36. The lowest BCUT2D eigenvalue weighted by Gasteiger charge is -2.18. The van der Waals surface area contributed by atoms with Crippen molar-refractivity contribution in [1.29, 1.82) is 0 Å². The second kappa shape index (κ2) is 4.14. The minimum atomic E-state index is 0.0284. The van der Waals surface area contributed by atoms with Crippen molar-refractivity contribution in [2.24, 2.45) is 7.05 Å². The first-order valence-corrected chi connectivity index (χ1v) is 5.70. The number of fused-ring (bicyclic) bond motifs is 1. The van der Waals surface area contributed by atoms with Crippen LogP contribution in [0.5, 0.6) is 5.75 Å². The first-order valence-electron chi connectivity index (χ1n) is 5.70. The Kier molecular flexibility index (Phi) is 2.48. The van der Waals surface area contributed by atoms with Crippen LogP contribution in [0.15, 0.2) is 42.2 Å². The van der Waals surface area contributed by atoms with E-state index in [1.807, 2.05) is 37.5 Å². The van der Waals surface area contributed by atoms with E-state index in [-0.39, 0.29) is 5.78 Å². The van der Waals surface area contributed by atoms with Gasteiger partial charge in [0.05, 0.1) is 11.8 Å². The molecule has 4 nitrogen and oxygen atoms in total. The summed E-state index contributed by atoms with van der Waals surface area (Å²) < 4.78 is 7.27. The van der Waals surface area contributed by atoms with Gasteiger partial charge in [-0.15, -0.1) is 0 Å². The van der Waals surface area contributed by atoms with Crippen LogP contribution in [0.25, 0.3) is 6.08 Å². The van der Waals surface area contributed by atoms with Crippen LogP contribution < -0.4 is 4.74 Å². The predicted molar refractivity (Wildman–Crippen MR) is 67.5 cm³/mol. The number of nitrogens with zero attached hydrogens (tertiary/aromatic N) is 2. The third kappa shape index (κ3) is 1.82. The zero-order valence-electron chi connectivity index (χ0n) is 9.96. The minimum Gasteiger partial charge on any atom is -0.488 e. The van der Waals surface area contributed by atoms with Crippen LogP contribution in [-0.2, 0) is 7.05 Å². The van der Waals surface area contributed by atoms with Gasteiger partial charge in [0.25, 0.3) is 0 Å². The fourth-order valence-corrected chi connectivity index (χ4v) is 2.00. The Labute approximate surface area is 105 Å². The van der Waals surface area contributed by atoms with Crippen LogP contribution in [0.3, 0.4) is 0 Å². The lowest BCUT2D eigenvalue weighted by atomic mass is 9.99. The van der Waals surface area contributed by atoms with Crippen molar-refractivity contribution in [2.45, 2.75) is 0 Å². The summed E-state index contributed by atoms with van der Waals surface area (Å²) in [6, 6.07) is 7.30. The van der Waals surface area contributed by atoms with Gasteiger partial charge < -0.3 is 4.74 Å². The predicted octanol–water partition coefficient (Wildman–Crippen LogP) is 2.08. The van der Waals surface area contributed by atoms with E-state index in [2.05, 4.69) is 5.10 Å². The van der Waals surface area contributed by atoms with E-state index in [1.54, 1.807) is 16.9 Å². The average Bonchev–Trinajstić information content (AvgIpc) is 2.79. The van der Waals surface area contributed by atoms with Gasteiger partial charge in [-0.2, -0.15) is 5.10 Å². The Bertz CT molecular complexity index is 641. The number of ketones is 1. The third-order valence-corrected chi connectivity index (χ3v) is 2.87. The maximum atomic E-state index is 12.3. The van der Waals surface area contributed by atoms with Crippen molar-refractivity contribution >= 4 is 11.9 Å². The summed E-state index contributed by atoms with van der Waals surface area (Å²) in [5, 5.41) is 4.07. The van der Waals surface area contributed by atoms with E-state index in [1.165, 1.54) is 0 Å². The number of aromatic nitrogens is 2. The highest BCUT2D eigenvalue weighted by Crippen LogP contribution is 2.27. The fourth-order valence-electron chi connectivity index (χ4n) is 2.00. The number of benzene rings is 1. The maximum Gasteiger partial charge on any atom is 0.196 e. The van der Waals surface area contributed by atoms with Crippen molar-refractivity contribution in [2.75, 3.05) is 6.61 Å². The number of rotatable bonds is 1. The van der Waals surface area contributed by atoms with Crippen molar-refractivity contribution in [3.05, 3.63) is 53.4 Å². The molecule has 2 heterocycles. The molecule has 0 fully saturated rings. The molecule has 0 atom stereocenters. The molecule has 0 saturated heterocycles. The number of hydrogen-bond donors (Lipinski definition) is 0. The summed E-state index contributed by atoms with van der Waals surface area (Å²) in [6.45, 7) is 0.310. The smallest absolute Gasteiger partial charge is 0.196 e. The van der Waals surface area contributed by atoms with Crippen molar-refractivity contribution in [1.82, 2.24) is 9.78 Å². The molecule has 0 bridgehead atoms. The van der Waals surface area contributed by atoms with Crippen LogP contribution in [0.4, 0.5) is 0 Å². The Morgan fingerprint density at radius 1 is 1.39 bits per heavy atom. The van der Waals surface area contributed by atoms with Gasteiger partial charge in [-0.05, 0) is 18.2 Å². The summed E-state index contributed by atoms with van der Waals surface area (Å²) in [6.07, 6.45) is 5.41. The standard InChI is InChI=1S/C14H12N2O2/c1-16-8-10(7-15-16)6-11-9-18-13-5-3-2-4-12(13)14(11)17/h2-8H,9H2,1H3/b11-6-. The van der Waals surface area contributed by atoms with Gasteiger partial charge in [0, 0.05) is 24.4 Å². The molecule has 0 N–H and O–H groups in total. The van der Waals surface area contributed by atoms with E-state index >= 15 is 0 Å². The van der Waals surface area contributed by atoms with Crippen LogP contribution >= 0.6 is 0 Å². The van der Waals surface area contributed by atoms with Gasteiger partial charge in [0.2, 0.25) is 0 Å². The topological polar surface area (TPSA) is 44.1 Å². The highest BCUT2D eigenvalue weighted by molar-refractivity contribution is 6.13. The van der Waals surface area contributed by atoms with Gasteiger partial charge in [0.1, 0.15) is 12.4 Å². The molecule has 0 amide bonds. The number of ether oxygens (including phenoxy) is 1. The molecule has 1 aromatic carbocycles. The lowest BCUT2D eigenvalue weighted by Crippen LogP contribution is -2.18. The van der Waals surface area contributed by atoms with Gasteiger partial charge in [-0.25, -0.2) is 0 Å². The van der Waals surface area contributed by atoms with Crippen LogP contribution in [0, 0.1) is 0 Å². The molecule has 0 unspecified atom stereocenters. The summed E-state index contributed by atoms with van der Waals surface area (Å²) in [5.41, 5.74) is 2.18. The molecule has 3 rings (SSSR count). The molecule has 0 aliphatic carbocycles. The summed E-state index contributed by atoms with van der Waals surface area (Å²) >= 11 is 0. The summed E-state index contributed by atoms with van der Waals surface area (Å²) in [5.74, 6) is 0.687. The van der Waals surface area contributed by atoms with E-state index in [9.17, 15) is 4.79 Å². The van der Waals surface area contributed by atoms with Crippen molar-refractivity contribution < 1.29 is 9.53 Å². The SMILES string of the molecule is Cn1cc(/C=C2/COc3ccccc3C2=O)cn1. The third-order valence-electron chi connectivity index (χ3n) is 2.87. The summed E-state index contributed by atoms with van der Waals surface area (Å²) in [7, 11) is 1.84. The van der Waals surface area contributed by atoms with Crippen LogP contribution in [0.1, 0.15) is 15.9 Å². The molecule has 0 radical (unpaired) electrons. The molecule has 18 heavy (non-hydrogen) atoms. The van der Waals surface area contributed by atoms with Crippen molar-refractivity contribution in [3.63, 3.8) is 0 Å². The van der Waals surface area contributed by atoms with Gasteiger partial charge >= 0.3 is 0 Å². The zero-order valence-corrected chi connectivity index (χ0v) is 9.96. The second-order valence-electron chi connectivity index (χ2n) is 4.23. The van der Waals surface area contributed by atoms with E-state index in [0.29, 0.717) is 23.5 Å². The molecule has 0 spiro atoms. The maximum absolute atomic E-state index is 12.3. The highest BCUT2D eigenvalue weighted by Gasteiger charge is 2.22. The monoisotopic (exact) mass is 240 g/mol. The Balaban J connectivity index is 1.98. The largest absolute Gasteiger partial charge is 0.488 e. The fraction of sp³-hybridized carbons (Fsp3) is 0.143. The average molecular weight is 240 g/mol. The normalized spacial score (nSPS) is 16.5.